The van der Waals surface area contributed by atoms with E-state index in [1.807, 2.05) is 41.8 Å². The number of aliphatic hydroxyl groups is 1. The number of hydrogen-bond donors (Lipinski definition) is 1. The van der Waals surface area contributed by atoms with Gasteiger partial charge in [0, 0.05) is 40.9 Å². The van der Waals surface area contributed by atoms with Crippen molar-refractivity contribution in [2.24, 2.45) is 23.7 Å². The van der Waals surface area contributed by atoms with Crippen molar-refractivity contribution in [1.82, 2.24) is 4.90 Å². The van der Waals surface area contributed by atoms with E-state index < -0.39 is 24.6 Å². The second kappa shape index (κ2) is 15.8. The summed E-state index contributed by atoms with van der Waals surface area (Å²) >= 11 is 0. The third-order valence-electron chi connectivity index (χ3n) is 8.46. The largest absolute Gasteiger partial charge is 0.512 e. The van der Waals surface area contributed by atoms with Crippen molar-refractivity contribution in [2.75, 3.05) is 21.2 Å². The van der Waals surface area contributed by atoms with E-state index in [1.54, 1.807) is 27.0 Å². The van der Waals surface area contributed by atoms with Crippen LogP contribution in [0.25, 0.3) is 0 Å². The van der Waals surface area contributed by atoms with Gasteiger partial charge >= 0.3 is 5.97 Å². The molecule has 0 spiro atoms. The molecular formula is C30H52NO8P. The topological polar surface area (TPSA) is 104 Å². The predicted molar refractivity (Wildman–Crippen MR) is 158 cm³/mol. The van der Waals surface area contributed by atoms with E-state index in [4.69, 9.17) is 23.5 Å². The number of ketones is 1. The predicted octanol–water partition coefficient (Wildman–Crippen LogP) is 4.85. The molecule has 2 aliphatic heterocycles. The van der Waals surface area contributed by atoms with Gasteiger partial charge in [-0.15, -0.1) is 0 Å². The molecule has 0 aromatic carbocycles. The van der Waals surface area contributed by atoms with Gasteiger partial charge < -0.3 is 33.5 Å². The molecule has 12 atom stereocenters. The summed E-state index contributed by atoms with van der Waals surface area (Å²) in [4.78, 5) is 28.1. The first-order valence-corrected chi connectivity index (χ1v) is 14.8. The first-order chi connectivity index (χ1) is 18.7. The van der Waals surface area contributed by atoms with Crippen LogP contribution in [-0.2, 0) is 33.1 Å². The number of aliphatic hydroxyl groups excluding tert-OH is 1. The average Bonchev–Trinajstić information content (AvgIpc) is 2.87. The third kappa shape index (κ3) is 9.07. The minimum Gasteiger partial charge on any atom is -0.512 e. The zero-order chi connectivity index (χ0) is 30.3. The van der Waals surface area contributed by atoms with Gasteiger partial charge in [0.1, 0.15) is 12.2 Å². The van der Waals surface area contributed by atoms with Crippen LogP contribution in [0, 0.1) is 23.7 Å². The Bertz CT molecular complexity index is 908. The molecule has 0 radical (unpaired) electrons. The Kier molecular flexibility index (Phi) is 13.7. The number of hydrogen-bond acceptors (Lipinski definition) is 9. The first kappa shape index (κ1) is 34.8. The molecule has 2 aliphatic rings. The van der Waals surface area contributed by atoms with Crippen LogP contribution >= 0.6 is 9.47 Å². The van der Waals surface area contributed by atoms with Gasteiger partial charge in [0.2, 0.25) is 0 Å². The highest BCUT2D eigenvalue weighted by atomic mass is 31.0. The molecule has 0 aromatic rings. The quantitative estimate of drug-likeness (QED) is 0.358. The van der Waals surface area contributed by atoms with Crippen LogP contribution < -0.4 is 0 Å². The number of carbonyl (C=O) groups excluding carboxylic acids is 2. The van der Waals surface area contributed by atoms with Crippen molar-refractivity contribution in [3.8, 4) is 0 Å². The number of allylic oxidation sites excluding steroid dienone is 3. The monoisotopic (exact) mass is 585 g/mol. The number of carbonyl (C=O) groups is 2. The van der Waals surface area contributed by atoms with Crippen LogP contribution in [-0.4, -0.2) is 85.8 Å². The molecule has 0 aliphatic carbocycles. The van der Waals surface area contributed by atoms with E-state index in [2.05, 4.69) is 21.3 Å². The van der Waals surface area contributed by atoms with Crippen molar-refractivity contribution in [1.29, 1.82) is 0 Å². The fraction of sp³-hybridized carbons (Fsp3) is 0.800. The lowest BCUT2D eigenvalue weighted by Crippen LogP contribution is -2.60. The summed E-state index contributed by atoms with van der Waals surface area (Å²) in [5, 5.41) is 10.5. The minimum absolute atomic E-state index is 0.0402. The highest BCUT2D eigenvalue weighted by Gasteiger charge is 2.47. The summed E-state index contributed by atoms with van der Waals surface area (Å²) < 4.78 is 30.6. The van der Waals surface area contributed by atoms with Crippen molar-refractivity contribution in [2.45, 2.75) is 111 Å². The molecule has 1 saturated heterocycles. The number of cyclic esters (lactones) is 1. The molecule has 2 rings (SSSR count). The number of rotatable bonds is 5. The number of nitrogens with zero attached hydrogens (tertiary/aromatic N) is 1. The van der Waals surface area contributed by atoms with Crippen molar-refractivity contribution in [3.63, 3.8) is 0 Å². The Hall–Kier alpha value is -1.35. The maximum Gasteiger partial charge on any atom is 0.306 e. The van der Waals surface area contributed by atoms with Crippen molar-refractivity contribution in [3.05, 3.63) is 23.5 Å². The Balaban J connectivity index is 2.47. The van der Waals surface area contributed by atoms with E-state index in [0.29, 0.717) is 12.0 Å². The second-order valence-corrected chi connectivity index (χ2v) is 12.4. The zero-order valence-electron chi connectivity index (χ0n) is 26.0. The van der Waals surface area contributed by atoms with Gasteiger partial charge in [-0.25, -0.2) is 0 Å². The van der Waals surface area contributed by atoms with Gasteiger partial charge in [0.05, 0.1) is 30.5 Å². The lowest BCUT2D eigenvalue weighted by atomic mass is 9.83. The van der Waals surface area contributed by atoms with Crippen LogP contribution in [0.5, 0.6) is 0 Å². The maximum atomic E-state index is 13.0. The summed E-state index contributed by atoms with van der Waals surface area (Å²) in [5.74, 6) is -0.819. The van der Waals surface area contributed by atoms with Crippen LogP contribution in [0.1, 0.15) is 67.7 Å². The Morgan fingerprint density at radius 3 is 2.20 bits per heavy atom. The number of ether oxygens (including phenoxy) is 4. The molecule has 6 unspecified atom stereocenters. The number of esters is 1. The molecule has 0 amide bonds. The molecule has 1 fully saturated rings. The Labute approximate surface area is 243 Å². The minimum atomic E-state index is -0.687. The molecule has 1 N–H and O–H groups in total. The molecule has 0 aromatic heterocycles. The lowest BCUT2D eigenvalue weighted by molar-refractivity contribution is -0.292. The van der Waals surface area contributed by atoms with E-state index in [9.17, 15) is 14.7 Å². The van der Waals surface area contributed by atoms with Gasteiger partial charge in [-0.05, 0) is 64.8 Å². The average molecular weight is 586 g/mol. The summed E-state index contributed by atoms with van der Waals surface area (Å²) in [6.45, 7) is 13.5. The maximum absolute atomic E-state index is 13.0. The van der Waals surface area contributed by atoms with Crippen LogP contribution in [0.15, 0.2) is 23.5 Å². The SMILES string of the molecule is CO[C@@H]1[C@@H](OC2OC(C)C(C)C(N(C)C)C2OP)[C@@H](C)C[C@@H](C)C(=O)/C=C/C(C)=C(/O)C[C@@H](C)OC(=O)C[C@H]1C. The standard InChI is InChI=1S/C30H52NO8P/c1-16-11-12-23(32)17(2)13-18(3)28(27(35-10)19(4)14-25(34)36-20(5)15-24(16)33)38-30-29(39-40)26(31(8)9)21(6)22(7)37-30/h11-12,17-22,26-30,33H,13-15,40H2,1-10H3/b12-11+,24-16+/t17-,18+,19-,20-,21?,22?,26?,27+,28+,29?,30?/m1/s1. The molecule has 10 heteroatoms. The number of methoxy groups -OCH3 is 1. The van der Waals surface area contributed by atoms with Crippen molar-refractivity contribution >= 4 is 21.2 Å². The molecule has 40 heavy (non-hydrogen) atoms. The Morgan fingerprint density at radius 2 is 1.62 bits per heavy atom. The molecule has 230 valence electrons. The lowest BCUT2D eigenvalue weighted by Gasteiger charge is -2.48. The summed E-state index contributed by atoms with van der Waals surface area (Å²) in [6.07, 6.45) is 1.25. The summed E-state index contributed by atoms with van der Waals surface area (Å²) in [5.41, 5.74) is 0.564. The van der Waals surface area contributed by atoms with Crippen LogP contribution in [0.4, 0.5) is 0 Å². The summed E-state index contributed by atoms with van der Waals surface area (Å²) in [6, 6.07) is 0.0426. The van der Waals surface area contributed by atoms with Crippen molar-refractivity contribution < 1.29 is 38.2 Å². The van der Waals surface area contributed by atoms with E-state index in [0.717, 1.165) is 0 Å². The highest BCUT2D eigenvalue weighted by molar-refractivity contribution is 7.09. The molecule has 2 heterocycles. The smallest absolute Gasteiger partial charge is 0.306 e. The molecule has 0 saturated carbocycles. The fourth-order valence-electron chi connectivity index (χ4n) is 5.95. The van der Waals surface area contributed by atoms with Gasteiger partial charge in [-0.2, -0.15) is 0 Å². The van der Waals surface area contributed by atoms with E-state index in [1.165, 1.54) is 6.08 Å². The summed E-state index contributed by atoms with van der Waals surface area (Å²) in [7, 11) is 8.01. The first-order valence-electron chi connectivity index (χ1n) is 14.4. The van der Waals surface area contributed by atoms with Crippen LogP contribution in [0.3, 0.4) is 0 Å². The molecule has 0 bridgehead atoms. The van der Waals surface area contributed by atoms with Gasteiger partial charge in [0.25, 0.3) is 0 Å². The second-order valence-electron chi connectivity index (χ2n) is 12.1. The van der Waals surface area contributed by atoms with Gasteiger partial charge in [-0.3, -0.25) is 9.59 Å². The molecular weight excluding hydrogens is 533 g/mol. The highest BCUT2D eigenvalue weighted by Crippen LogP contribution is 2.36. The number of likely N-dealkylation sites (N-methyl/N-ethyl adjacent to an activating group) is 1. The van der Waals surface area contributed by atoms with Gasteiger partial charge in [0.15, 0.2) is 12.1 Å². The zero-order valence-corrected chi connectivity index (χ0v) is 27.1. The van der Waals surface area contributed by atoms with E-state index >= 15 is 0 Å². The van der Waals surface area contributed by atoms with E-state index in [-0.39, 0.29) is 72.3 Å². The normalized spacial score (nSPS) is 42.0. The van der Waals surface area contributed by atoms with Gasteiger partial charge in [-0.1, -0.05) is 33.8 Å². The Morgan fingerprint density at radius 1 is 0.975 bits per heavy atom. The molecule has 9 nitrogen and oxygen atoms in total. The fourth-order valence-corrected chi connectivity index (χ4v) is 6.24. The van der Waals surface area contributed by atoms with Crippen LogP contribution in [0.2, 0.25) is 0 Å². The third-order valence-corrected chi connectivity index (χ3v) is 8.78.